The highest BCUT2D eigenvalue weighted by molar-refractivity contribution is 5.67. The number of anilines is 1. The first-order valence-electron chi connectivity index (χ1n) is 5.00. The smallest absolute Gasteiger partial charge is 0.305 e. The highest BCUT2D eigenvalue weighted by atomic mass is 16.4. The van der Waals surface area contributed by atoms with Gasteiger partial charge in [0.1, 0.15) is 11.8 Å². The second kappa shape index (κ2) is 5.71. The van der Waals surface area contributed by atoms with Gasteiger partial charge in [-0.2, -0.15) is 5.26 Å². The van der Waals surface area contributed by atoms with Crippen LogP contribution in [0.2, 0.25) is 0 Å². The van der Waals surface area contributed by atoms with Crippen molar-refractivity contribution in [2.24, 2.45) is 0 Å². The zero-order valence-corrected chi connectivity index (χ0v) is 9.05. The molecule has 0 radical (unpaired) electrons. The standard InChI is InChI=1S/C11H13N3O2/c1-2-14(6-5-11(15)16)10-4-3-9(7-12)13-8-10/h3-4,8H,2,5-6H2,1H3,(H,15,16). The molecule has 0 aliphatic carbocycles. The second-order valence-electron chi connectivity index (χ2n) is 3.24. The monoisotopic (exact) mass is 219 g/mol. The Morgan fingerprint density at radius 3 is 2.81 bits per heavy atom. The SMILES string of the molecule is CCN(CCC(=O)O)c1ccc(C#N)nc1. The van der Waals surface area contributed by atoms with Crippen LogP contribution < -0.4 is 4.90 Å². The molecule has 0 saturated carbocycles. The molecule has 0 saturated heterocycles. The number of hydrogen-bond donors (Lipinski definition) is 1. The molecule has 0 atom stereocenters. The number of carboxylic acid groups (broad SMARTS) is 1. The highest BCUT2D eigenvalue weighted by Crippen LogP contribution is 2.12. The van der Waals surface area contributed by atoms with E-state index >= 15 is 0 Å². The van der Waals surface area contributed by atoms with Crippen LogP contribution in [0.5, 0.6) is 0 Å². The van der Waals surface area contributed by atoms with Gasteiger partial charge in [0.2, 0.25) is 0 Å². The van der Waals surface area contributed by atoms with Crippen molar-refractivity contribution in [2.45, 2.75) is 13.3 Å². The van der Waals surface area contributed by atoms with E-state index in [9.17, 15) is 4.79 Å². The predicted octanol–water partition coefficient (Wildman–Crippen LogP) is 1.25. The van der Waals surface area contributed by atoms with Crippen LogP contribution >= 0.6 is 0 Å². The van der Waals surface area contributed by atoms with Crippen LogP contribution in [0.1, 0.15) is 19.0 Å². The summed E-state index contributed by atoms with van der Waals surface area (Å²) in [6.07, 6.45) is 1.68. The summed E-state index contributed by atoms with van der Waals surface area (Å²) < 4.78 is 0. The maximum absolute atomic E-state index is 10.5. The first-order chi connectivity index (χ1) is 7.67. The Hall–Kier alpha value is -2.09. The van der Waals surface area contributed by atoms with E-state index < -0.39 is 5.97 Å². The molecular weight excluding hydrogens is 206 g/mol. The van der Waals surface area contributed by atoms with E-state index in [1.807, 2.05) is 17.9 Å². The molecule has 5 heteroatoms. The van der Waals surface area contributed by atoms with Crippen molar-refractivity contribution in [3.63, 3.8) is 0 Å². The van der Waals surface area contributed by atoms with E-state index in [0.29, 0.717) is 18.8 Å². The van der Waals surface area contributed by atoms with Crippen LogP contribution in [0.25, 0.3) is 0 Å². The van der Waals surface area contributed by atoms with E-state index in [-0.39, 0.29) is 6.42 Å². The Labute approximate surface area is 93.9 Å². The van der Waals surface area contributed by atoms with Gasteiger partial charge in [-0.3, -0.25) is 4.79 Å². The predicted molar refractivity (Wildman–Crippen MR) is 59.1 cm³/mol. The van der Waals surface area contributed by atoms with Gasteiger partial charge in [0.25, 0.3) is 0 Å². The molecule has 0 bridgehead atoms. The van der Waals surface area contributed by atoms with E-state index in [2.05, 4.69) is 4.98 Å². The van der Waals surface area contributed by atoms with Gasteiger partial charge in [-0.15, -0.1) is 0 Å². The Morgan fingerprint density at radius 1 is 1.62 bits per heavy atom. The molecule has 16 heavy (non-hydrogen) atoms. The number of nitrogens with zero attached hydrogens (tertiary/aromatic N) is 3. The summed E-state index contributed by atoms with van der Waals surface area (Å²) in [5.41, 5.74) is 1.20. The number of nitriles is 1. The lowest BCUT2D eigenvalue weighted by atomic mass is 10.3. The molecule has 1 aromatic heterocycles. The largest absolute Gasteiger partial charge is 0.481 e. The van der Waals surface area contributed by atoms with Crippen molar-refractivity contribution >= 4 is 11.7 Å². The molecule has 0 aliphatic heterocycles. The number of rotatable bonds is 5. The maximum atomic E-state index is 10.5. The fourth-order valence-electron chi connectivity index (χ4n) is 1.34. The molecule has 0 fully saturated rings. The average Bonchev–Trinajstić information content (AvgIpc) is 2.30. The zero-order chi connectivity index (χ0) is 12.0. The lowest BCUT2D eigenvalue weighted by molar-refractivity contribution is -0.136. The van der Waals surface area contributed by atoms with Crippen molar-refractivity contribution in [2.75, 3.05) is 18.0 Å². The van der Waals surface area contributed by atoms with Crippen LogP contribution in [0, 0.1) is 11.3 Å². The van der Waals surface area contributed by atoms with Gasteiger partial charge in [0.05, 0.1) is 18.3 Å². The Morgan fingerprint density at radius 2 is 2.38 bits per heavy atom. The van der Waals surface area contributed by atoms with Gasteiger partial charge in [0.15, 0.2) is 0 Å². The summed E-state index contributed by atoms with van der Waals surface area (Å²) in [6.45, 7) is 3.10. The van der Waals surface area contributed by atoms with Crippen molar-refractivity contribution in [1.82, 2.24) is 4.98 Å². The van der Waals surface area contributed by atoms with Gasteiger partial charge in [-0.25, -0.2) is 4.98 Å². The molecule has 0 aliphatic rings. The summed E-state index contributed by atoms with van der Waals surface area (Å²) in [5.74, 6) is -0.819. The van der Waals surface area contributed by atoms with Gasteiger partial charge in [-0.1, -0.05) is 0 Å². The van der Waals surface area contributed by atoms with Crippen LogP contribution in [-0.2, 0) is 4.79 Å². The van der Waals surface area contributed by atoms with Crippen molar-refractivity contribution in [1.29, 1.82) is 5.26 Å². The molecule has 0 amide bonds. The normalized spacial score (nSPS) is 9.50. The first kappa shape index (κ1) is 12.0. The maximum Gasteiger partial charge on any atom is 0.305 e. The third kappa shape index (κ3) is 3.24. The molecule has 1 rings (SSSR count). The van der Waals surface area contributed by atoms with Gasteiger partial charge >= 0.3 is 5.97 Å². The van der Waals surface area contributed by atoms with Crippen molar-refractivity contribution < 1.29 is 9.90 Å². The molecule has 1 aromatic rings. The van der Waals surface area contributed by atoms with Crippen molar-refractivity contribution in [3.8, 4) is 6.07 Å². The third-order valence-electron chi connectivity index (χ3n) is 2.20. The minimum absolute atomic E-state index is 0.0911. The summed E-state index contributed by atoms with van der Waals surface area (Å²) >= 11 is 0. The van der Waals surface area contributed by atoms with E-state index in [1.54, 1.807) is 18.3 Å². The lowest BCUT2D eigenvalue weighted by Gasteiger charge is -2.21. The average molecular weight is 219 g/mol. The van der Waals surface area contributed by atoms with Crippen LogP contribution in [0.4, 0.5) is 5.69 Å². The lowest BCUT2D eigenvalue weighted by Crippen LogP contribution is -2.25. The van der Waals surface area contributed by atoms with Gasteiger partial charge in [0, 0.05) is 13.1 Å². The number of aromatic nitrogens is 1. The number of carboxylic acids is 1. The molecule has 1 N–H and O–H groups in total. The quantitative estimate of drug-likeness (QED) is 0.806. The molecule has 84 valence electrons. The number of carbonyl (C=O) groups is 1. The second-order valence-corrected chi connectivity index (χ2v) is 3.24. The van der Waals surface area contributed by atoms with Crippen LogP contribution in [0.15, 0.2) is 18.3 Å². The summed E-state index contributed by atoms with van der Waals surface area (Å²) in [5, 5.41) is 17.2. The zero-order valence-electron chi connectivity index (χ0n) is 9.05. The van der Waals surface area contributed by atoms with Crippen molar-refractivity contribution in [3.05, 3.63) is 24.0 Å². The summed E-state index contributed by atoms with van der Waals surface area (Å²) in [6, 6.07) is 5.34. The number of pyridine rings is 1. The summed E-state index contributed by atoms with van der Waals surface area (Å²) in [7, 11) is 0. The fraction of sp³-hybridized carbons (Fsp3) is 0.364. The Balaban J connectivity index is 2.71. The topological polar surface area (TPSA) is 77.2 Å². The first-order valence-corrected chi connectivity index (χ1v) is 5.00. The fourth-order valence-corrected chi connectivity index (χ4v) is 1.34. The molecule has 1 heterocycles. The minimum Gasteiger partial charge on any atom is -0.481 e. The molecule has 0 unspecified atom stereocenters. The third-order valence-corrected chi connectivity index (χ3v) is 2.20. The Bertz CT molecular complexity index is 395. The highest BCUT2D eigenvalue weighted by Gasteiger charge is 2.07. The van der Waals surface area contributed by atoms with E-state index in [1.165, 1.54) is 0 Å². The van der Waals surface area contributed by atoms with Gasteiger partial charge in [-0.05, 0) is 19.1 Å². The van der Waals surface area contributed by atoms with Crippen LogP contribution in [-0.4, -0.2) is 29.1 Å². The molecule has 5 nitrogen and oxygen atoms in total. The number of hydrogen-bond acceptors (Lipinski definition) is 4. The Kier molecular flexibility index (Phi) is 4.28. The molecule has 0 aromatic carbocycles. The van der Waals surface area contributed by atoms with Crippen LogP contribution in [0.3, 0.4) is 0 Å². The summed E-state index contributed by atoms with van der Waals surface area (Å²) in [4.78, 5) is 16.3. The molecular formula is C11H13N3O2. The van der Waals surface area contributed by atoms with E-state index in [0.717, 1.165) is 5.69 Å². The van der Waals surface area contributed by atoms with E-state index in [4.69, 9.17) is 10.4 Å². The van der Waals surface area contributed by atoms with Gasteiger partial charge < -0.3 is 10.0 Å². The minimum atomic E-state index is -0.819. The molecule has 0 spiro atoms. The number of aliphatic carboxylic acids is 1.